The van der Waals surface area contributed by atoms with Crippen LogP contribution in [0.1, 0.15) is 18.9 Å². The van der Waals surface area contributed by atoms with Gasteiger partial charge in [0.2, 0.25) is 0 Å². The van der Waals surface area contributed by atoms with E-state index >= 15 is 0 Å². The van der Waals surface area contributed by atoms with Crippen LogP contribution in [0.15, 0.2) is 42.5 Å². The molecule has 0 atom stereocenters. The lowest BCUT2D eigenvalue weighted by molar-refractivity contribution is 0.481. The normalized spacial score (nSPS) is 14.7. The zero-order chi connectivity index (χ0) is 13.5. The van der Waals surface area contributed by atoms with Crippen molar-refractivity contribution in [2.24, 2.45) is 0 Å². The third kappa shape index (κ3) is 2.03. The Balaban J connectivity index is 1.69. The van der Waals surface area contributed by atoms with Gasteiger partial charge in [-0.15, -0.1) is 0 Å². The first-order valence-electron chi connectivity index (χ1n) is 6.63. The van der Waals surface area contributed by atoms with Gasteiger partial charge in [0.15, 0.2) is 6.33 Å². The summed E-state index contributed by atoms with van der Waals surface area (Å²) < 4.78 is 20.7. The number of aromatic nitrogens is 2. The first kappa shape index (κ1) is 11.5. The number of nitrogens with zero attached hydrogens (tertiary/aromatic N) is 2. The van der Waals surface area contributed by atoms with Crippen molar-refractivity contribution >= 4 is 11.0 Å². The summed E-state index contributed by atoms with van der Waals surface area (Å²) in [5.74, 6) is 1.07. The maximum absolute atomic E-state index is 12.9. The highest BCUT2D eigenvalue weighted by atomic mass is 19.1. The van der Waals surface area contributed by atoms with E-state index in [9.17, 15) is 4.39 Å². The lowest BCUT2D eigenvalue weighted by Crippen LogP contribution is -1.91. The molecule has 1 aliphatic carbocycles. The molecule has 1 heterocycles. The average Bonchev–Trinajstić information content (AvgIpc) is 3.22. The zero-order valence-corrected chi connectivity index (χ0v) is 10.7. The van der Waals surface area contributed by atoms with E-state index in [0.717, 1.165) is 16.8 Å². The molecule has 0 unspecified atom stereocenters. The predicted molar refractivity (Wildman–Crippen MR) is 73.3 cm³/mol. The minimum absolute atomic E-state index is 0.269. The van der Waals surface area contributed by atoms with Crippen LogP contribution in [0.2, 0.25) is 0 Å². The molecule has 3 aromatic rings. The predicted octanol–water partition coefficient (Wildman–Crippen LogP) is 4.10. The highest BCUT2D eigenvalue weighted by molar-refractivity contribution is 5.77. The molecule has 99 valence electrons. The molecule has 4 heteroatoms. The second kappa shape index (κ2) is 4.34. The van der Waals surface area contributed by atoms with Gasteiger partial charge in [0.1, 0.15) is 17.3 Å². The smallest absolute Gasteiger partial charge is 0.177 e. The first-order valence-corrected chi connectivity index (χ1v) is 6.63. The lowest BCUT2D eigenvalue weighted by atomic mass is 10.3. The van der Waals surface area contributed by atoms with Crippen LogP contribution in [0.4, 0.5) is 4.39 Å². The Bertz CT molecular complexity index is 760. The Labute approximate surface area is 115 Å². The third-order valence-corrected chi connectivity index (χ3v) is 3.45. The number of fused-ring (bicyclic) bond motifs is 1. The molecule has 4 rings (SSSR count). The fraction of sp³-hybridized carbons (Fsp3) is 0.188. The Morgan fingerprint density at radius 3 is 2.60 bits per heavy atom. The van der Waals surface area contributed by atoms with Crippen molar-refractivity contribution in [3.05, 3.63) is 54.6 Å². The van der Waals surface area contributed by atoms with Crippen LogP contribution >= 0.6 is 0 Å². The number of hydrogen-bond donors (Lipinski definition) is 0. The molecule has 0 aliphatic heterocycles. The Hall–Kier alpha value is -2.36. The lowest BCUT2D eigenvalue weighted by Gasteiger charge is -2.06. The van der Waals surface area contributed by atoms with Crippen molar-refractivity contribution in [3.63, 3.8) is 0 Å². The molecule has 1 aromatic heterocycles. The van der Waals surface area contributed by atoms with Crippen LogP contribution in [-0.2, 0) is 0 Å². The molecular weight excluding hydrogens is 255 g/mol. The molecule has 0 N–H and O–H groups in total. The number of halogens is 1. The Morgan fingerprint density at radius 1 is 1.10 bits per heavy atom. The molecular formula is C16H12FN2O. The van der Waals surface area contributed by atoms with Crippen LogP contribution in [0.25, 0.3) is 11.0 Å². The van der Waals surface area contributed by atoms with Crippen molar-refractivity contribution in [2.75, 3.05) is 0 Å². The second-order valence-electron chi connectivity index (χ2n) is 5.02. The van der Waals surface area contributed by atoms with E-state index < -0.39 is 0 Å². The summed E-state index contributed by atoms with van der Waals surface area (Å²) in [6.07, 6.45) is 5.41. The minimum Gasteiger partial charge on any atom is -0.457 e. The first-order chi connectivity index (χ1) is 9.79. The van der Waals surface area contributed by atoms with Gasteiger partial charge < -0.3 is 9.30 Å². The van der Waals surface area contributed by atoms with Gasteiger partial charge in [-0.2, -0.15) is 0 Å². The van der Waals surface area contributed by atoms with Crippen LogP contribution in [0, 0.1) is 12.1 Å². The van der Waals surface area contributed by atoms with Gasteiger partial charge in [-0.3, -0.25) is 0 Å². The van der Waals surface area contributed by atoms with Gasteiger partial charge in [-0.1, -0.05) is 0 Å². The maximum atomic E-state index is 12.9. The van der Waals surface area contributed by atoms with E-state index in [1.165, 1.54) is 25.0 Å². The molecule has 0 spiro atoms. The van der Waals surface area contributed by atoms with E-state index in [0.29, 0.717) is 11.8 Å². The number of imidazole rings is 1. The summed E-state index contributed by atoms with van der Waals surface area (Å²) in [5, 5.41) is 0. The quantitative estimate of drug-likeness (QED) is 0.714. The number of benzene rings is 2. The summed E-state index contributed by atoms with van der Waals surface area (Å²) in [6, 6.07) is 12.3. The van der Waals surface area contributed by atoms with Crippen molar-refractivity contribution in [1.29, 1.82) is 0 Å². The van der Waals surface area contributed by atoms with E-state index in [2.05, 4.69) is 15.9 Å². The maximum Gasteiger partial charge on any atom is 0.177 e. The summed E-state index contributed by atoms with van der Waals surface area (Å²) >= 11 is 0. The topological polar surface area (TPSA) is 27.1 Å². The molecule has 2 aromatic carbocycles. The van der Waals surface area contributed by atoms with Gasteiger partial charge in [-0.25, -0.2) is 9.37 Å². The van der Waals surface area contributed by atoms with E-state index in [-0.39, 0.29) is 5.82 Å². The third-order valence-electron chi connectivity index (χ3n) is 3.45. The standard InChI is InChI=1S/C16H12FN2O/c17-11-1-5-13(6-2-11)20-14-7-8-15-16(9-14)19(10-18-15)12-3-4-12/h1-2,5-9,12H,3-4H2. The van der Waals surface area contributed by atoms with Gasteiger partial charge in [0.25, 0.3) is 0 Å². The summed E-state index contributed by atoms with van der Waals surface area (Å²) in [4.78, 5) is 4.27. The van der Waals surface area contributed by atoms with E-state index in [1.54, 1.807) is 12.1 Å². The molecule has 1 saturated carbocycles. The average molecular weight is 267 g/mol. The van der Waals surface area contributed by atoms with Gasteiger partial charge >= 0.3 is 0 Å². The highest BCUT2D eigenvalue weighted by Crippen LogP contribution is 2.37. The van der Waals surface area contributed by atoms with Crippen LogP contribution < -0.4 is 4.74 Å². The highest BCUT2D eigenvalue weighted by Gasteiger charge is 2.25. The van der Waals surface area contributed by atoms with Crippen LogP contribution in [0.3, 0.4) is 0 Å². The van der Waals surface area contributed by atoms with Crippen molar-refractivity contribution < 1.29 is 9.13 Å². The number of hydrogen-bond acceptors (Lipinski definition) is 2. The van der Waals surface area contributed by atoms with Gasteiger partial charge in [-0.05, 0) is 49.2 Å². The Kier molecular flexibility index (Phi) is 2.49. The molecule has 0 amide bonds. The summed E-state index contributed by atoms with van der Waals surface area (Å²) in [5.41, 5.74) is 1.95. The van der Waals surface area contributed by atoms with Gasteiger partial charge in [0, 0.05) is 12.1 Å². The molecule has 1 radical (unpaired) electrons. The monoisotopic (exact) mass is 267 g/mol. The van der Waals surface area contributed by atoms with E-state index in [4.69, 9.17) is 4.74 Å². The van der Waals surface area contributed by atoms with Crippen LogP contribution in [-0.4, -0.2) is 9.55 Å². The number of ether oxygens (including phenoxy) is 1. The molecule has 3 nitrogen and oxygen atoms in total. The molecule has 1 aliphatic rings. The molecule has 20 heavy (non-hydrogen) atoms. The molecule has 0 saturated heterocycles. The summed E-state index contributed by atoms with van der Waals surface area (Å²) in [7, 11) is 0. The largest absolute Gasteiger partial charge is 0.457 e. The van der Waals surface area contributed by atoms with Crippen molar-refractivity contribution in [1.82, 2.24) is 9.55 Å². The minimum atomic E-state index is -0.269. The SMILES string of the molecule is Fc1ccc(Oc2ccc3n[c]n(C4CC4)c3c2)cc1. The second-order valence-corrected chi connectivity index (χ2v) is 5.02. The summed E-state index contributed by atoms with van der Waals surface area (Å²) in [6.45, 7) is 0. The fourth-order valence-electron chi connectivity index (χ4n) is 2.27. The van der Waals surface area contributed by atoms with Gasteiger partial charge in [0.05, 0.1) is 11.0 Å². The zero-order valence-electron chi connectivity index (χ0n) is 10.7. The Morgan fingerprint density at radius 2 is 1.85 bits per heavy atom. The van der Waals surface area contributed by atoms with E-state index in [1.807, 2.05) is 18.2 Å². The number of rotatable bonds is 3. The van der Waals surface area contributed by atoms with Crippen LogP contribution in [0.5, 0.6) is 11.5 Å². The molecule has 0 bridgehead atoms. The molecule has 1 fully saturated rings. The fourth-order valence-corrected chi connectivity index (χ4v) is 2.27. The van der Waals surface area contributed by atoms with Crippen molar-refractivity contribution in [2.45, 2.75) is 18.9 Å². The van der Waals surface area contributed by atoms with Crippen molar-refractivity contribution in [3.8, 4) is 11.5 Å².